The number of hydrogen-bond donors (Lipinski definition) is 2. The van der Waals surface area contributed by atoms with Gasteiger partial charge in [0.1, 0.15) is 0 Å². The van der Waals surface area contributed by atoms with Gasteiger partial charge in [-0.25, -0.2) is 0 Å². The summed E-state index contributed by atoms with van der Waals surface area (Å²) in [6, 6.07) is 0.0370. The van der Waals surface area contributed by atoms with Crippen molar-refractivity contribution >= 4 is 0 Å². The minimum Gasteiger partial charge on any atom is -0.394 e. The van der Waals surface area contributed by atoms with Gasteiger partial charge in [-0.05, 0) is 20.5 Å². The molecule has 2 unspecified atom stereocenters. The molecule has 0 fully saturated rings. The van der Waals surface area contributed by atoms with E-state index in [1.807, 2.05) is 25.8 Å². The lowest BCUT2D eigenvalue weighted by Gasteiger charge is -2.26. The first-order valence-electron chi connectivity index (χ1n) is 3.62. The third-order valence-corrected chi connectivity index (χ3v) is 1.94. The topological polar surface area (TPSA) is 43.7 Å². The SMILES string of the molecule is CCN(C)C(C)C(O)CO. The summed E-state index contributed by atoms with van der Waals surface area (Å²) in [5, 5.41) is 17.7. The summed E-state index contributed by atoms with van der Waals surface area (Å²) in [6.07, 6.45) is -0.620. The number of likely N-dealkylation sites (N-methyl/N-ethyl adjacent to an activating group) is 1. The van der Waals surface area contributed by atoms with Gasteiger partial charge >= 0.3 is 0 Å². The molecule has 0 aromatic heterocycles. The van der Waals surface area contributed by atoms with Crippen LogP contribution in [0.2, 0.25) is 0 Å². The summed E-state index contributed by atoms with van der Waals surface area (Å²) >= 11 is 0. The molecule has 62 valence electrons. The molecule has 2 atom stereocenters. The Morgan fingerprint density at radius 2 is 2.00 bits per heavy atom. The first-order chi connectivity index (χ1) is 4.63. The van der Waals surface area contributed by atoms with Crippen LogP contribution in [0.4, 0.5) is 0 Å². The van der Waals surface area contributed by atoms with Crippen molar-refractivity contribution in [3.8, 4) is 0 Å². The lowest BCUT2D eigenvalue weighted by molar-refractivity contribution is 0.0294. The molecule has 0 rings (SSSR count). The highest BCUT2D eigenvalue weighted by Gasteiger charge is 2.15. The summed E-state index contributed by atoms with van der Waals surface area (Å²) in [4.78, 5) is 1.99. The Bertz CT molecular complexity index is 77.7. The predicted octanol–water partition coefficient (Wildman–Crippen LogP) is -0.320. The zero-order chi connectivity index (χ0) is 8.15. The molecular weight excluding hydrogens is 130 g/mol. The van der Waals surface area contributed by atoms with Gasteiger partial charge in [-0.15, -0.1) is 0 Å². The summed E-state index contributed by atoms with van der Waals surface area (Å²) in [6.45, 7) is 4.63. The monoisotopic (exact) mass is 147 g/mol. The molecule has 0 saturated heterocycles. The second-order valence-electron chi connectivity index (χ2n) is 2.56. The molecule has 0 aromatic rings. The second-order valence-corrected chi connectivity index (χ2v) is 2.56. The number of aliphatic hydroxyl groups is 2. The van der Waals surface area contributed by atoms with E-state index in [2.05, 4.69) is 0 Å². The maximum absolute atomic E-state index is 9.14. The van der Waals surface area contributed by atoms with Crippen LogP contribution in [0.25, 0.3) is 0 Å². The smallest absolute Gasteiger partial charge is 0.0922 e. The van der Waals surface area contributed by atoms with Gasteiger partial charge in [0.15, 0.2) is 0 Å². The maximum Gasteiger partial charge on any atom is 0.0922 e. The molecule has 0 aromatic carbocycles. The highest BCUT2D eigenvalue weighted by Crippen LogP contribution is 1.99. The normalized spacial score (nSPS) is 17.4. The quantitative estimate of drug-likeness (QED) is 0.573. The second kappa shape index (κ2) is 4.66. The molecule has 3 nitrogen and oxygen atoms in total. The fourth-order valence-electron chi connectivity index (χ4n) is 0.734. The Morgan fingerprint density at radius 1 is 1.50 bits per heavy atom. The molecule has 3 heteroatoms. The van der Waals surface area contributed by atoms with E-state index in [0.29, 0.717) is 0 Å². The first kappa shape index (κ1) is 9.88. The van der Waals surface area contributed by atoms with Crippen molar-refractivity contribution < 1.29 is 10.2 Å². The van der Waals surface area contributed by atoms with E-state index in [1.54, 1.807) is 0 Å². The van der Waals surface area contributed by atoms with E-state index in [9.17, 15) is 0 Å². The molecule has 0 aliphatic rings. The lowest BCUT2D eigenvalue weighted by Crippen LogP contribution is -2.40. The Balaban J connectivity index is 3.69. The molecule has 0 radical (unpaired) electrons. The van der Waals surface area contributed by atoms with Gasteiger partial charge in [0.25, 0.3) is 0 Å². The van der Waals surface area contributed by atoms with Gasteiger partial charge in [0, 0.05) is 6.04 Å². The summed E-state index contributed by atoms with van der Waals surface area (Å²) in [7, 11) is 1.92. The molecule has 0 aliphatic heterocycles. The summed E-state index contributed by atoms with van der Waals surface area (Å²) in [5.41, 5.74) is 0. The van der Waals surface area contributed by atoms with Crippen LogP contribution in [0, 0.1) is 0 Å². The molecule has 10 heavy (non-hydrogen) atoms. The van der Waals surface area contributed by atoms with Gasteiger partial charge in [-0.3, -0.25) is 0 Å². The van der Waals surface area contributed by atoms with Gasteiger partial charge in [0.05, 0.1) is 12.7 Å². The number of rotatable bonds is 4. The van der Waals surface area contributed by atoms with Crippen LogP contribution in [-0.2, 0) is 0 Å². The van der Waals surface area contributed by atoms with Crippen molar-refractivity contribution in [3.05, 3.63) is 0 Å². The van der Waals surface area contributed by atoms with E-state index >= 15 is 0 Å². The minimum absolute atomic E-state index is 0.0370. The van der Waals surface area contributed by atoms with Crippen LogP contribution < -0.4 is 0 Å². The molecule has 0 saturated carbocycles. The average molecular weight is 147 g/mol. The van der Waals surface area contributed by atoms with E-state index in [-0.39, 0.29) is 12.6 Å². The molecule has 0 amide bonds. The number of nitrogens with zero attached hydrogens (tertiary/aromatic N) is 1. The highest BCUT2D eigenvalue weighted by atomic mass is 16.3. The van der Waals surface area contributed by atoms with E-state index < -0.39 is 6.10 Å². The van der Waals surface area contributed by atoms with Crippen LogP contribution in [0.1, 0.15) is 13.8 Å². The van der Waals surface area contributed by atoms with Gasteiger partial charge in [-0.1, -0.05) is 6.92 Å². The van der Waals surface area contributed by atoms with Crippen LogP contribution >= 0.6 is 0 Å². The average Bonchev–Trinajstić information content (AvgIpc) is 2.00. The van der Waals surface area contributed by atoms with E-state index in [1.165, 1.54) is 0 Å². The van der Waals surface area contributed by atoms with Gasteiger partial charge < -0.3 is 15.1 Å². The summed E-state index contributed by atoms with van der Waals surface area (Å²) in [5.74, 6) is 0. The third kappa shape index (κ3) is 2.64. The van der Waals surface area contributed by atoms with Crippen LogP contribution in [-0.4, -0.2) is 47.5 Å². The summed E-state index contributed by atoms with van der Waals surface area (Å²) < 4.78 is 0. The maximum atomic E-state index is 9.14. The van der Waals surface area contributed by atoms with Crippen molar-refractivity contribution in [1.82, 2.24) is 4.90 Å². The fraction of sp³-hybridized carbons (Fsp3) is 1.00. The molecule has 2 N–H and O–H groups in total. The number of aliphatic hydroxyl groups excluding tert-OH is 2. The Labute approximate surface area is 62.3 Å². The molecule has 0 heterocycles. The standard InChI is InChI=1S/C7H17NO2/c1-4-8(3)6(2)7(10)5-9/h6-7,9-10H,4-5H2,1-3H3. The fourth-order valence-corrected chi connectivity index (χ4v) is 0.734. The molecule has 0 bridgehead atoms. The highest BCUT2D eigenvalue weighted by molar-refractivity contribution is 4.70. The van der Waals surface area contributed by atoms with Crippen LogP contribution in [0.3, 0.4) is 0 Å². The predicted molar refractivity (Wildman–Crippen MR) is 40.9 cm³/mol. The number of hydrogen-bond acceptors (Lipinski definition) is 3. The van der Waals surface area contributed by atoms with E-state index in [0.717, 1.165) is 6.54 Å². The molecule has 0 aliphatic carbocycles. The van der Waals surface area contributed by atoms with Crippen molar-refractivity contribution in [2.24, 2.45) is 0 Å². The Kier molecular flexibility index (Phi) is 4.60. The zero-order valence-corrected chi connectivity index (χ0v) is 6.91. The Morgan fingerprint density at radius 3 is 2.30 bits per heavy atom. The van der Waals surface area contributed by atoms with Crippen LogP contribution in [0.5, 0.6) is 0 Å². The van der Waals surface area contributed by atoms with Crippen molar-refractivity contribution in [2.45, 2.75) is 26.0 Å². The zero-order valence-electron chi connectivity index (χ0n) is 6.91. The molecular formula is C7H17NO2. The largest absolute Gasteiger partial charge is 0.394 e. The van der Waals surface area contributed by atoms with Crippen LogP contribution in [0.15, 0.2) is 0 Å². The molecule has 0 spiro atoms. The van der Waals surface area contributed by atoms with Gasteiger partial charge in [0.2, 0.25) is 0 Å². The van der Waals surface area contributed by atoms with Gasteiger partial charge in [-0.2, -0.15) is 0 Å². The first-order valence-corrected chi connectivity index (χ1v) is 3.62. The van der Waals surface area contributed by atoms with Crippen molar-refractivity contribution in [1.29, 1.82) is 0 Å². The van der Waals surface area contributed by atoms with Crippen molar-refractivity contribution in [2.75, 3.05) is 20.2 Å². The lowest BCUT2D eigenvalue weighted by atomic mass is 10.2. The third-order valence-electron chi connectivity index (χ3n) is 1.94. The Hall–Kier alpha value is -0.120. The minimum atomic E-state index is -0.620. The van der Waals surface area contributed by atoms with E-state index in [4.69, 9.17) is 10.2 Å². The van der Waals surface area contributed by atoms with Crippen molar-refractivity contribution in [3.63, 3.8) is 0 Å².